The molecule has 2 saturated heterocycles. The maximum atomic E-state index is 12.6. The molecule has 2 heterocycles. The summed E-state index contributed by atoms with van der Waals surface area (Å²) < 4.78 is 10.6. The fourth-order valence-electron chi connectivity index (χ4n) is 2.86. The number of amides is 2. The lowest BCUT2D eigenvalue weighted by Crippen LogP contribution is -2.47. The highest BCUT2D eigenvalue weighted by Crippen LogP contribution is 2.28. The molecule has 0 aromatic heterocycles. The Morgan fingerprint density at radius 2 is 2.09 bits per heavy atom. The van der Waals surface area contributed by atoms with Gasteiger partial charge in [-0.05, 0) is 39.5 Å². The SMILES string of the molecule is CC(C)C[C@@H]([C@@H]1CO1)N1CC[C@H](NC(=O)OC(C)(C)C)C1=O. The lowest BCUT2D eigenvalue weighted by Gasteiger charge is -2.28. The highest BCUT2D eigenvalue weighted by Gasteiger charge is 2.44. The van der Waals surface area contributed by atoms with E-state index < -0.39 is 17.7 Å². The summed E-state index contributed by atoms with van der Waals surface area (Å²) in [5.74, 6) is 0.479. The van der Waals surface area contributed by atoms with Crippen LogP contribution in [0.25, 0.3) is 0 Å². The van der Waals surface area contributed by atoms with Gasteiger partial charge in [-0.15, -0.1) is 0 Å². The van der Waals surface area contributed by atoms with Gasteiger partial charge in [0.05, 0.1) is 12.6 Å². The summed E-state index contributed by atoms with van der Waals surface area (Å²) in [6.07, 6.45) is 1.18. The fraction of sp³-hybridized carbons (Fsp3) is 0.875. The molecule has 2 fully saturated rings. The number of rotatable bonds is 5. The largest absolute Gasteiger partial charge is 0.444 e. The van der Waals surface area contributed by atoms with Crippen LogP contribution in [0.2, 0.25) is 0 Å². The highest BCUT2D eigenvalue weighted by molar-refractivity contribution is 5.87. The first-order valence-electron chi connectivity index (χ1n) is 8.09. The van der Waals surface area contributed by atoms with Gasteiger partial charge >= 0.3 is 6.09 Å². The number of ether oxygens (including phenoxy) is 2. The number of carbonyl (C=O) groups is 2. The Bertz CT molecular complexity index is 426. The Morgan fingerprint density at radius 3 is 2.59 bits per heavy atom. The number of alkyl carbamates (subject to hydrolysis) is 1. The van der Waals surface area contributed by atoms with Crippen LogP contribution in [0.4, 0.5) is 4.79 Å². The lowest BCUT2D eigenvalue weighted by atomic mass is 10.00. The second-order valence-electron chi connectivity index (χ2n) is 7.59. The van der Waals surface area contributed by atoms with E-state index in [2.05, 4.69) is 19.2 Å². The molecule has 126 valence electrons. The van der Waals surface area contributed by atoms with E-state index in [0.29, 0.717) is 18.9 Å². The van der Waals surface area contributed by atoms with Crippen LogP contribution in [0.15, 0.2) is 0 Å². The molecule has 0 unspecified atom stereocenters. The van der Waals surface area contributed by atoms with Crippen molar-refractivity contribution in [2.75, 3.05) is 13.2 Å². The number of likely N-dealkylation sites (tertiary alicyclic amines) is 1. The first kappa shape index (κ1) is 17.1. The van der Waals surface area contributed by atoms with Crippen molar-refractivity contribution < 1.29 is 19.1 Å². The van der Waals surface area contributed by atoms with Crippen molar-refractivity contribution >= 4 is 12.0 Å². The summed E-state index contributed by atoms with van der Waals surface area (Å²) in [5.41, 5.74) is -0.562. The summed E-state index contributed by atoms with van der Waals surface area (Å²) in [5, 5.41) is 2.69. The van der Waals surface area contributed by atoms with Crippen molar-refractivity contribution in [3.8, 4) is 0 Å². The Labute approximate surface area is 132 Å². The van der Waals surface area contributed by atoms with Gasteiger partial charge in [0.15, 0.2) is 0 Å². The molecule has 1 N–H and O–H groups in total. The molecular formula is C16H28N2O4. The molecule has 2 aliphatic rings. The first-order valence-corrected chi connectivity index (χ1v) is 8.09. The van der Waals surface area contributed by atoms with Crippen LogP contribution in [0, 0.1) is 5.92 Å². The molecule has 0 radical (unpaired) electrons. The van der Waals surface area contributed by atoms with Crippen LogP contribution in [0.1, 0.15) is 47.5 Å². The summed E-state index contributed by atoms with van der Waals surface area (Å²) in [6, 6.07) is -0.360. The van der Waals surface area contributed by atoms with Crippen LogP contribution >= 0.6 is 0 Å². The number of hydrogen-bond donors (Lipinski definition) is 1. The second-order valence-corrected chi connectivity index (χ2v) is 7.59. The van der Waals surface area contributed by atoms with Crippen molar-refractivity contribution in [1.82, 2.24) is 10.2 Å². The second kappa shape index (κ2) is 6.44. The van der Waals surface area contributed by atoms with Crippen molar-refractivity contribution in [1.29, 1.82) is 0 Å². The van der Waals surface area contributed by atoms with Gasteiger partial charge in [0, 0.05) is 6.54 Å². The number of nitrogens with zero attached hydrogens (tertiary/aromatic N) is 1. The minimum Gasteiger partial charge on any atom is -0.444 e. The van der Waals surface area contributed by atoms with Crippen LogP contribution in [-0.4, -0.2) is 53.8 Å². The zero-order valence-corrected chi connectivity index (χ0v) is 14.2. The predicted molar refractivity (Wildman–Crippen MR) is 82.5 cm³/mol. The van der Waals surface area contributed by atoms with Crippen LogP contribution in [-0.2, 0) is 14.3 Å². The maximum absolute atomic E-state index is 12.6. The predicted octanol–water partition coefficient (Wildman–Crippen LogP) is 1.93. The summed E-state index contributed by atoms with van der Waals surface area (Å²) in [6.45, 7) is 11.1. The Morgan fingerprint density at radius 1 is 1.45 bits per heavy atom. The third kappa shape index (κ3) is 4.60. The fourth-order valence-corrected chi connectivity index (χ4v) is 2.86. The molecule has 0 aliphatic carbocycles. The zero-order chi connectivity index (χ0) is 16.5. The topological polar surface area (TPSA) is 71.2 Å². The normalized spacial score (nSPS) is 26.3. The molecule has 2 rings (SSSR count). The zero-order valence-electron chi connectivity index (χ0n) is 14.2. The van der Waals surface area contributed by atoms with E-state index in [-0.39, 0.29) is 18.1 Å². The molecule has 0 saturated carbocycles. The van der Waals surface area contributed by atoms with E-state index in [9.17, 15) is 9.59 Å². The van der Waals surface area contributed by atoms with Gasteiger partial charge < -0.3 is 19.7 Å². The molecule has 22 heavy (non-hydrogen) atoms. The van der Waals surface area contributed by atoms with Crippen molar-refractivity contribution in [2.45, 2.75) is 71.2 Å². The Balaban J connectivity index is 1.92. The molecule has 3 atom stereocenters. The molecule has 0 spiro atoms. The Hall–Kier alpha value is -1.30. The third-order valence-corrected chi connectivity index (χ3v) is 3.83. The third-order valence-electron chi connectivity index (χ3n) is 3.83. The first-order chi connectivity index (χ1) is 10.2. The standard InChI is InChI=1S/C16H28N2O4/c1-10(2)8-12(13-9-21-13)18-7-6-11(14(18)19)17-15(20)22-16(3,4)5/h10-13H,6-9H2,1-5H3,(H,17,20)/t11-,12-,13-/m0/s1. The van der Waals surface area contributed by atoms with Crippen molar-refractivity contribution in [3.63, 3.8) is 0 Å². The monoisotopic (exact) mass is 312 g/mol. The lowest BCUT2D eigenvalue weighted by molar-refractivity contribution is -0.132. The van der Waals surface area contributed by atoms with Gasteiger partial charge in [-0.2, -0.15) is 0 Å². The molecule has 0 aromatic carbocycles. The van der Waals surface area contributed by atoms with E-state index in [1.54, 1.807) is 20.8 Å². The van der Waals surface area contributed by atoms with Crippen molar-refractivity contribution in [2.24, 2.45) is 5.92 Å². The summed E-state index contributed by atoms with van der Waals surface area (Å²) in [4.78, 5) is 26.3. The number of carbonyl (C=O) groups excluding carboxylic acids is 2. The van der Waals surface area contributed by atoms with Gasteiger partial charge in [0.25, 0.3) is 0 Å². The summed E-state index contributed by atoms with van der Waals surface area (Å²) >= 11 is 0. The molecular weight excluding hydrogens is 284 g/mol. The molecule has 6 nitrogen and oxygen atoms in total. The van der Waals surface area contributed by atoms with Crippen molar-refractivity contribution in [3.05, 3.63) is 0 Å². The van der Waals surface area contributed by atoms with Gasteiger partial charge in [-0.25, -0.2) is 4.79 Å². The molecule has 2 aliphatic heterocycles. The quantitative estimate of drug-likeness (QED) is 0.787. The minimum absolute atomic E-state index is 0.0213. The number of hydrogen-bond acceptors (Lipinski definition) is 4. The van der Waals surface area contributed by atoms with E-state index in [0.717, 1.165) is 13.0 Å². The summed E-state index contributed by atoms with van der Waals surface area (Å²) in [7, 11) is 0. The minimum atomic E-state index is -0.562. The molecule has 0 aromatic rings. The van der Waals surface area contributed by atoms with Crippen LogP contribution in [0.5, 0.6) is 0 Å². The number of epoxide rings is 1. The van der Waals surface area contributed by atoms with E-state index >= 15 is 0 Å². The Kier molecular flexibility index (Phi) is 5.00. The molecule has 0 bridgehead atoms. The number of nitrogens with one attached hydrogen (secondary N) is 1. The van der Waals surface area contributed by atoms with Gasteiger partial charge in [-0.3, -0.25) is 4.79 Å². The van der Waals surface area contributed by atoms with Gasteiger partial charge in [-0.1, -0.05) is 13.8 Å². The van der Waals surface area contributed by atoms with Gasteiger partial charge in [0.2, 0.25) is 5.91 Å². The smallest absolute Gasteiger partial charge is 0.408 e. The highest BCUT2D eigenvalue weighted by atomic mass is 16.6. The van der Waals surface area contributed by atoms with E-state index in [1.807, 2.05) is 4.90 Å². The van der Waals surface area contributed by atoms with E-state index in [4.69, 9.17) is 9.47 Å². The molecule has 2 amide bonds. The average Bonchev–Trinajstić information content (AvgIpc) is 3.12. The maximum Gasteiger partial charge on any atom is 0.408 e. The van der Waals surface area contributed by atoms with Crippen LogP contribution in [0.3, 0.4) is 0 Å². The van der Waals surface area contributed by atoms with E-state index in [1.165, 1.54) is 0 Å². The van der Waals surface area contributed by atoms with Gasteiger partial charge in [0.1, 0.15) is 17.7 Å². The van der Waals surface area contributed by atoms with Crippen LogP contribution < -0.4 is 5.32 Å². The molecule has 6 heteroatoms. The average molecular weight is 312 g/mol.